The number of hydrogen-bond donors (Lipinski definition) is 0. The molecule has 0 unspecified atom stereocenters. The van der Waals surface area contributed by atoms with Crippen LogP contribution in [0.1, 0.15) is 11.5 Å². The van der Waals surface area contributed by atoms with Crippen LogP contribution in [0.2, 0.25) is 5.02 Å². The van der Waals surface area contributed by atoms with E-state index >= 15 is 0 Å². The predicted octanol–water partition coefficient (Wildman–Crippen LogP) is 2.95. The van der Waals surface area contributed by atoms with E-state index in [1.165, 1.54) is 30.1 Å². The average Bonchev–Trinajstić information content (AvgIpc) is 3.16. The molecule has 3 rings (SSSR count). The zero-order chi connectivity index (χ0) is 22.6. The lowest BCUT2D eigenvalue weighted by atomic mass is 10.2. The van der Waals surface area contributed by atoms with E-state index in [2.05, 4.69) is 10.1 Å². The number of nitrogens with zero attached hydrogens (tertiary/aromatic N) is 4. The SMILES string of the molecule is CN(Cc1nc(-c2ccccc2Cl)no1)C(=O)CN(Cc1ccccc1F)S(C)(=O)=O. The van der Waals surface area contributed by atoms with Crippen molar-refractivity contribution in [1.29, 1.82) is 0 Å². The van der Waals surface area contributed by atoms with Crippen molar-refractivity contribution < 1.29 is 22.1 Å². The predicted molar refractivity (Wildman–Crippen MR) is 113 cm³/mol. The molecule has 3 aromatic rings. The third-order valence-corrected chi connectivity index (χ3v) is 5.99. The molecule has 8 nitrogen and oxygen atoms in total. The summed E-state index contributed by atoms with van der Waals surface area (Å²) in [7, 11) is -2.29. The van der Waals surface area contributed by atoms with Crippen molar-refractivity contribution in [2.45, 2.75) is 13.1 Å². The van der Waals surface area contributed by atoms with E-state index in [1.54, 1.807) is 30.3 Å². The minimum Gasteiger partial charge on any atom is -0.337 e. The number of amides is 1. The van der Waals surface area contributed by atoms with Gasteiger partial charge in [0.05, 0.1) is 24.4 Å². The molecule has 0 fully saturated rings. The first kappa shape index (κ1) is 22.9. The van der Waals surface area contributed by atoms with Crippen molar-refractivity contribution in [3.05, 3.63) is 70.8 Å². The summed E-state index contributed by atoms with van der Waals surface area (Å²) in [5.41, 5.74) is 0.756. The lowest BCUT2D eigenvalue weighted by molar-refractivity contribution is -0.131. The van der Waals surface area contributed by atoms with Gasteiger partial charge < -0.3 is 9.42 Å². The molecule has 2 aromatic carbocycles. The van der Waals surface area contributed by atoms with E-state index < -0.39 is 28.3 Å². The first-order valence-corrected chi connectivity index (χ1v) is 11.4. The van der Waals surface area contributed by atoms with Crippen LogP contribution in [-0.2, 0) is 27.9 Å². The highest BCUT2D eigenvalue weighted by Gasteiger charge is 2.24. The Morgan fingerprint density at radius 2 is 1.81 bits per heavy atom. The molecule has 0 aliphatic heterocycles. The molecule has 0 spiro atoms. The summed E-state index contributed by atoms with van der Waals surface area (Å²) in [6, 6.07) is 12.8. The van der Waals surface area contributed by atoms with Crippen LogP contribution in [-0.4, -0.2) is 53.5 Å². The van der Waals surface area contributed by atoms with E-state index in [0.717, 1.165) is 10.6 Å². The summed E-state index contributed by atoms with van der Waals surface area (Å²) in [5.74, 6) is -0.626. The average molecular weight is 467 g/mol. The number of benzene rings is 2. The molecule has 1 aromatic heterocycles. The molecule has 0 aliphatic carbocycles. The smallest absolute Gasteiger partial charge is 0.246 e. The second-order valence-corrected chi connectivity index (χ2v) is 9.25. The lowest BCUT2D eigenvalue weighted by Gasteiger charge is -2.23. The summed E-state index contributed by atoms with van der Waals surface area (Å²) in [5, 5.41) is 4.32. The first-order valence-electron chi connectivity index (χ1n) is 9.15. The van der Waals surface area contributed by atoms with Crippen LogP contribution >= 0.6 is 11.6 Å². The van der Waals surface area contributed by atoms with Gasteiger partial charge in [0.2, 0.25) is 27.6 Å². The van der Waals surface area contributed by atoms with Crippen molar-refractivity contribution in [2.24, 2.45) is 0 Å². The molecular weight excluding hydrogens is 447 g/mol. The lowest BCUT2D eigenvalue weighted by Crippen LogP contribution is -2.40. The molecule has 0 radical (unpaired) electrons. The fourth-order valence-corrected chi connectivity index (χ4v) is 3.68. The number of hydrogen-bond acceptors (Lipinski definition) is 6. The molecule has 164 valence electrons. The normalized spacial score (nSPS) is 11.6. The minimum absolute atomic E-state index is 0.0341. The zero-order valence-corrected chi connectivity index (χ0v) is 18.4. The van der Waals surface area contributed by atoms with Gasteiger partial charge in [-0.1, -0.05) is 47.1 Å². The van der Waals surface area contributed by atoms with Crippen molar-refractivity contribution in [1.82, 2.24) is 19.3 Å². The van der Waals surface area contributed by atoms with Crippen LogP contribution in [0.5, 0.6) is 0 Å². The Bertz CT molecular complexity index is 1190. The van der Waals surface area contributed by atoms with Crippen LogP contribution in [0.4, 0.5) is 4.39 Å². The molecule has 1 heterocycles. The van der Waals surface area contributed by atoms with Gasteiger partial charge in [-0.15, -0.1) is 0 Å². The largest absolute Gasteiger partial charge is 0.337 e. The van der Waals surface area contributed by atoms with Crippen molar-refractivity contribution in [2.75, 3.05) is 19.8 Å². The first-order chi connectivity index (χ1) is 14.6. The topological polar surface area (TPSA) is 96.6 Å². The molecule has 0 atom stereocenters. The van der Waals surface area contributed by atoms with E-state index in [-0.39, 0.29) is 30.4 Å². The number of sulfonamides is 1. The summed E-state index contributed by atoms with van der Waals surface area (Å²) in [6.45, 7) is -0.759. The number of halogens is 2. The third-order valence-electron chi connectivity index (χ3n) is 4.47. The highest BCUT2D eigenvalue weighted by Crippen LogP contribution is 2.25. The van der Waals surface area contributed by atoms with Gasteiger partial charge in [-0.3, -0.25) is 4.79 Å². The highest BCUT2D eigenvalue weighted by molar-refractivity contribution is 7.88. The summed E-state index contributed by atoms with van der Waals surface area (Å²) >= 11 is 6.13. The Labute approximate surface area is 184 Å². The Morgan fingerprint density at radius 1 is 1.13 bits per heavy atom. The fourth-order valence-electron chi connectivity index (χ4n) is 2.74. The maximum atomic E-state index is 13.9. The Kier molecular flexibility index (Phi) is 7.04. The van der Waals surface area contributed by atoms with Crippen LogP contribution in [0, 0.1) is 5.82 Å². The zero-order valence-electron chi connectivity index (χ0n) is 16.8. The molecule has 0 aliphatic rings. The molecule has 1 amide bonds. The van der Waals surface area contributed by atoms with Crippen molar-refractivity contribution >= 4 is 27.5 Å². The quantitative estimate of drug-likeness (QED) is 0.506. The summed E-state index contributed by atoms with van der Waals surface area (Å²) in [6.07, 6.45) is 0.967. The van der Waals surface area contributed by atoms with Gasteiger partial charge in [0, 0.05) is 24.7 Å². The maximum absolute atomic E-state index is 13.9. The molecular formula is C20H20ClFN4O4S. The number of rotatable bonds is 8. The van der Waals surface area contributed by atoms with E-state index in [9.17, 15) is 17.6 Å². The molecule has 0 saturated carbocycles. The van der Waals surface area contributed by atoms with Gasteiger partial charge in [0.25, 0.3) is 0 Å². The molecule has 0 N–H and O–H groups in total. The van der Waals surface area contributed by atoms with Gasteiger partial charge in [0.15, 0.2) is 0 Å². The van der Waals surface area contributed by atoms with Gasteiger partial charge in [0.1, 0.15) is 5.82 Å². The number of carbonyl (C=O) groups excluding carboxylic acids is 1. The Hall–Kier alpha value is -2.82. The number of aromatic nitrogens is 2. The van der Waals surface area contributed by atoms with Crippen molar-refractivity contribution in [3.63, 3.8) is 0 Å². The van der Waals surface area contributed by atoms with E-state index in [0.29, 0.717) is 10.6 Å². The fraction of sp³-hybridized carbons (Fsp3) is 0.250. The van der Waals surface area contributed by atoms with Gasteiger partial charge in [-0.05, 0) is 18.2 Å². The summed E-state index contributed by atoms with van der Waals surface area (Å²) < 4.78 is 44.3. The standard InChI is InChI=1S/C20H20ClFN4O4S/c1-25(12-18-23-20(24-30-18)15-8-4-5-9-16(15)21)19(27)13-26(31(2,28)29)11-14-7-3-6-10-17(14)22/h3-10H,11-13H2,1-2H3. The van der Waals surface area contributed by atoms with Gasteiger partial charge in [-0.2, -0.15) is 9.29 Å². The van der Waals surface area contributed by atoms with E-state index in [4.69, 9.17) is 16.1 Å². The Morgan fingerprint density at radius 3 is 2.48 bits per heavy atom. The molecule has 11 heteroatoms. The van der Waals surface area contributed by atoms with E-state index in [1.807, 2.05) is 0 Å². The minimum atomic E-state index is -3.76. The number of likely N-dealkylation sites (N-methyl/N-ethyl adjacent to an activating group) is 1. The maximum Gasteiger partial charge on any atom is 0.246 e. The Balaban J connectivity index is 1.69. The van der Waals surface area contributed by atoms with Crippen LogP contribution in [0.3, 0.4) is 0 Å². The van der Waals surface area contributed by atoms with Crippen molar-refractivity contribution in [3.8, 4) is 11.4 Å². The molecule has 0 bridgehead atoms. The molecule has 0 saturated heterocycles. The number of carbonyl (C=O) groups is 1. The monoisotopic (exact) mass is 466 g/mol. The van der Waals surface area contributed by atoms with Crippen LogP contribution in [0.25, 0.3) is 11.4 Å². The highest BCUT2D eigenvalue weighted by atomic mass is 35.5. The van der Waals surface area contributed by atoms with Gasteiger partial charge >= 0.3 is 0 Å². The van der Waals surface area contributed by atoms with Gasteiger partial charge in [-0.25, -0.2) is 12.8 Å². The second-order valence-electron chi connectivity index (χ2n) is 6.86. The third kappa shape index (κ3) is 5.87. The second kappa shape index (κ2) is 9.54. The van der Waals surface area contributed by atoms with Crippen LogP contribution < -0.4 is 0 Å². The molecule has 31 heavy (non-hydrogen) atoms. The summed E-state index contributed by atoms with van der Waals surface area (Å²) in [4.78, 5) is 18.1. The van der Waals surface area contributed by atoms with Crippen LogP contribution in [0.15, 0.2) is 53.1 Å².